The summed E-state index contributed by atoms with van der Waals surface area (Å²) in [5, 5.41) is 13.7. The van der Waals surface area contributed by atoms with Gasteiger partial charge in [-0.2, -0.15) is 0 Å². The monoisotopic (exact) mass is 468 g/mol. The summed E-state index contributed by atoms with van der Waals surface area (Å²) in [5.74, 6) is -0.00732. The van der Waals surface area contributed by atoms with Gasteiger partial charge in [0.05, 0.1) is 10.5 Å². The van der Waals surface area contributed by atoms with Crippen LogP contribution in [0.1, 0.15) is 15.9 Å². The van der Waals surface area contributed by atoms with Gasteiger partial charge in [-0.15, -0.1) is 0 Å². The maximum atomic E-state index is 12.9. The molecule has 0 saturated carbocycles. The molecule has 1 heterocycles. The first-order valence-electron chi connectivity index (χ1n) is 9.84. The zero-order valence-corrected chi connectivity index (χ0v) is 18.9. The molecule has 3 amide bonds. The fraction of sp³-hybridized carbons (Fsp3) is 0.136. The van der Waals surface area contributed by atoms with Crippen molar-refractivity contribution in [3.63, 3.8) is 0 Å². The van der Waals surface area contributed by atoms with Crippen LogP contribution in [-0.2, 0) is 16.6 Å². The van der Waals surface area contributed by atoms with Crippen molar-refractivity contribution >= 4 is 39.2 Å². The molecule has 5 N–H and O–H groups in total. The van der Waals surface area contributed by atoms with Crippen LogP contribution < -0.4 is 21.1 Å². The number of benzene rings is 2. The topological polar surface area (TPSA) is 147 Å². The molecule has 3 rings (SSSR count). The van der Waals surface area contributed by atoms with Crippen LogP contribution in [0.15, 0.2) is 71.8 Å². The van der Waals surface area contributed by atoms with E-state index in [0.717, 1.165) is 5.56 Å². The molecular weight excluding hydrogens is 444 g/mol. The largest absolute Gasteiger partial charge is 0.380 e. The number of aromatic nitrogens is 1. The standard InChI is InChI=1S/C22H24N6O4S/c1-28(2)22(30)27-20-12-15(10-11-24-20)14-25-19-9-4-3-8-18(19)21(29)26-16-6-5-7-17(13-16)33(23,31)32/h3-13,25H,14H2,1-2H3,(H,26,29)(H2,23,31,32)(H,24,27,30). The van der Waals surface area contributed by atoms with Crippen molar-refractivity contribution in [3.8, 4) is 0 Å². The van der Waals surface area contributed by atoms with E-state index in [4.69, 9.17) is 5.14 Å². The molecule has 0 saturated heterocycles. The minimum Gasteiger partial charge on any atom is -0.380 e. The number of carbonyl (C=O) groups excluding carboxylic acids is 2. The van der Waals surface area contributed by atoms with Crippen LogP contribution in [-0.4, -0.2) is 44.3 Å². The minimum absolute atomic E-state index is 0.0958. The Kier molecular flexibility index (Phi) is 7.26. The summed E-state index contributed by atoms with van der Waals surface area (Å²) in [5.41, 5.74) is 2.09. The van der Waals surface area contributed by atoms with Crippen LogP contribution in [0.2, 0.25) is 0 Å². The van der Waals surface area contributed by atoms with E-state index < -0.39 is 15.9 Å². The summed E-state index contributed by atoms with van der Waals surface area (Å²) < 4.78 is 23.1. The van der Waals surface area contributed by atoms with Gasteiger partial charge in [-0.05, 0) is 48.0 Å². The Labute approximate surface area is 191 Å². The number of nitrogens with zero attached hydrogens (tertiary/aromatic N) is 2. The molecule has 0 aliphatic rings. The Morgan fingerprint density at radius 3 is 2.48 bits per heavy atom. The molecule has 33 heavy (non-hydrogen) atoms. The molecule has 172 valence electrons. The summed E-state index contributed by atoms with van der Waals surface area (Å²) >= 11 is 0. The van der Waals surface area contributed by atoms with E-state index in [0.29, 0.717) is 29.3 Å². The van der Waals surface area contributed by atoms with Crippen molar-refractivity contribution < 1.29 is 18.0 Å². The van der Waals surface area contributed by atoms with Crippen LogP contribution in [0.3, 0.4) is 0 Å². The molecule has 0 aliphatic carbocycles. The fourth-order valence-corrected chi connectivity index (χ4v) is 3.42. The molecule has 0 aliphatic heterocycles. The van der Waals surface area contributed by atoms with E-state index in [-0.39, 0.29) is 10.9 Å². The molecule has 0 fully saturated rings. The second-order valence-electron chi connectivity index (χ2n) is 7.30. The van der Waals surface area contributed by atoms with E-state index in [1.807, 2.05) is 0 Å². The van der Waals surface area contributed by atoms with E-state index >= 15 is 0 Å². The van der Waals surface area contributed by atoms with Crippen molar-refractivity contribution in [2.24, 2.45) is 5.14 Å². The van der Waals surface area contributed by atoms with Gasteiger partial charge in [0, 0.05) is 38.2 Å². The number of hydrogen-bond donors (Lipinski definition) is 4. The predicted octanol–water partition coefficient (Wildman–Crippen LogP) is 2.69. The zero-order chi connectivity index (χ0) is 24.0. The van der Waals surface area contributed by atoms with Crippen LogP contribution in [0.25, 0.3) is 0 Å². The molecule has 0 spiro atoms. The summed E-state index contributed by atoms with van der Waals surface area (Å²) in [6.07, 6.45) is 1.58. The molecule has 0 unspecified atom stereocenters. The van der Waals surface area contributed by atoms with Crippen LogP contribution in [0.4, 0.5) is 22.0 Å². The lowest BCUT2D eigenvalue weighted by atomic mass is 10.1. The van der Waals surface area contributed by atoms with Crippen LogP contribution >= 0.6 is 0 Å². The van der Waals surface area contributed by atoms with Crippen molar-refractivity contribution in [1.82, 2.24) is 9.88 Å². The van der Waals surface area contributed by atoms with Crippen molar-refractivity contribution in [1.29, 1.82) is 0 Å². The van der Waals surface area contributed by atoms with E-state index in [9.17, 15) is 18.0 Å². The third-order valence-electron chi connectivity index (χ3n) is 4.54. The number of sulfonamides is 1. The number of nitrogens with two attached hydrogens (primary N) is 1. The second-order valence-corrected chi connectivity index (χ2v) is 8.86. The summed E-state index contributed by atoms with van der Waals surface area (Å²) in [6, 6.07) is 15.9. The average Bonchev–Trinajstić information content (AvgIpc) is 2.77. The van der Waals surface area contributed by atoms with Crippen LogP contribution in [0.5, 0.6) is 0 Å². The lowest BCUT2D eigenvalue weighted by molar-refractivity contribution is 0.102. The highest BCUT2D eigenvalue weighted by atomic mass is 32.2. The highest BCUT2D eigenvalue weighted by Crippen LogP contribution is 2.20. The SMILES string of the molecule is CN(C)C(=O)Nc1cc(CNc2ccccc2C(=O)Nc2cccc(S(N)(=O)=O)c2)ccn1. The summed E-state index contributed by atoms with van der Waals surface area (Å²) in [7, 11) is -0.621. The number of amides is 3. The number of nitrogens with one attached hydrogen (secondary N) is 3. The number of rotatable bonds is 7. The molecule has 3 aromatic rings. The third kappa shape index (κ3) is 6.51. The van der Waals surface area contributed by atoms with E-state index in [1.54, 1.807) is 62.8 Å². The lowest BCUT2D eigenvalue weighted by Crippen LogP contribution is -2.27. The number of hydrogen-bond acceptors (Lipinski definition) is 6. The van der Waals surface area contributed by atoms with E-state index in [2.05, 4.69) is 20.9 Å². The van der Waals surface area contributed by atoms with Gasteiger partial charge in [-0.1, -0.05) is 18.2 Å². The maximum absolute atomic E-state index is 12.9. The van der Waals surface area contributed by atoms with Gasteiger partial charge < -0.3 is 15.5 Å². The highest BCUT2D eigenvalue weighted by molar-refractivity contribution is 7.89. The molecule has 2 aromatic carbocycles. The number of carbonyl (C=O) groups is 2. The zero-order valence-electron chi connectivity index (χ0n) is 18.1. The molecule has 11 heteroatoms. The highest BCUT2D eigenvalue weighted by Gasteiger charge is 2.14. The summed E-state index contributed by atoms with van der Waals surface area (Å²) in [4.78, 5) is 30.1. The molecule has 10 nitrogen and oxygen atoms in total. The quantitative estimate of drug-likeness (QED) is 0.419. The van der Waals surface area contributed by atoms with Gasteiger partial charge in [-0.25, -0.2) is 23.3 Å². The predicted molar refractivity (Wildman–Crippen MR) is 126 cm³/mol. The molecule has 1 aromatic heterocycles. The smallest absolute Gasteiger partial charge is 0.322 e. The normalized spacial score (nSPS) is 10.9. The van der Waals surface area contributed by atoms with Gasteiger partial charge in [0.15, 0.2) is 0 Å². The number of urea groups is 1. The number of primary sulfonamides is 1. The van der Waals surface area contributed by atoms with Gasteiger partial charge in [0.25, 0.3) is 5.91 Å². The first kappa shape index (κ1) is 23.7. The lowest BCUT2D eigenvalue weighted by Gasteiger charge is -2.14. The Morgan fingerprint density at radius 1 is 1.00 bits per heavy atom. The number of para-hydroxylation sites is 1. The summed E-state index contributed by atoms with van der Waals surface area (Å²) in [6.45, 7) is 0.374. The molecule has 0 radical (unpaired) electrons. The Morgan fingerprint density at radius 2 is 1.76 bits per heavy atom. The van der Waals surface area contributed by atoms with Gasteiger partial charge >= 0.3 is 6.03 Å². The van der Waals surface area contributed by atoms with E-state index in [1.165, 1.54) is 23.1 Å². The van der Waals surface area contributed by atoms with Crippen molar-refractivity contribution in [2.45, 2.75) is 11.4 Å². The second kappa shape index (κ2) is 10.1. The maximum Gasteiger partial charge on any atom is 0.322 e. The van der Waals surface area contributed by atoms with Gasteiger partial charge in [0.1, 0.15) is 5.82 Å². The average molecular weight is 469 g/mol. The number of pyridine rings is 1. The van der Waals surface area contributed by atoms with Gasteiger partial charge in [0.2, 0.25) is 10.0 Å². The van der Waals surface area contributed by atoms with Crippen molar-refractivity contribution in [2.75, 3.05) is 30.0 Å². The Balaban J connectivity index is 1.72. The molecule has 0 atom stereocenters. The first-order valence-corrected chi connectivity index (χ1v) is 11.4. The molecule has 0 bridgehead atoms. The minimum atomic E-state index is -3.89. The van der Waals surface area contributed by atoms with Crippen molar-refractivity contribution in [3.05, 3.63) is 78.0 Å². The molecular formula is C22H24N6O4S. The first-order chi connectivity index (χ1) is 15.6. The fourth-order valence-electron chi connectivity index (χ4n) is 2.86. The van der Waals surface area contributed by atoms with Gasteiger partial charge in [-0.3, -0.25) is 10.1 Å². The van der Waals surface area contributed by atoms with Crippen LogP contribution in [0, 0.1) is 0 Å². The Hall–Kier alpha value is -3.96. The Bertz CT molecular complexity index is 1280. The number of anilines is 3. The third-order valence-corrected chi connectivity index (χ3v) is 5.45.